The first kappa shape index (κ1) is 12.8. The molecule has 1 amide bonds. The lowest BCUT2D eigenvalue weighted by molar-refractivity contribution is 0.0953. The van der Waals surface area contributed by atoms with Crippen LogP contribution in [-0.2, 0) is 0 Å². The van der Waals surface area contributed by atoms with Crippen molar-refractivity contribution in [2.75, 3.05) is 6.54 Å². The number of rotatable bonds is 4. The Kier molecular flexibility index (Phi) is 4.15. The van der Waals surface area contributed by atoms with E-state index in [1.807, 2.05) is 18.2 Å². The fraction of sp³-hybridized carbons (Fsp3) is 0.286. The fourth-order valence-corrected chi connectivity index (χ4v) is 1.96. The molecule has 1 aromatic heterocycles. The highest BCUT2D eigenvalue weighted by molar-refractivity contribution is 6.35. The van der Waals surface area contributed by atoms with Crippen LogP contribution >= 0.6 is 11.6 Å². The molecule has 0 fully saturated rings. The summed E-state index contributed by atoms with van der Waals surface area (Å²) in [6.45, 7) is 2.79. The number of carbonyl (C=O) groups excluding carboxylic acids is 1. The number of amides is 1. The number of aromatic nitrogens is 1. The second kappa shape index (κ2) is 5.83. The molecule has 0 saturated carbocycles. The van der Waals surface area contributed by atoms with Crippen LogP contribution < -0.4 is 5.32 Å². The van der Waals surface area contributed by atoms with E-state index in [0.29, 0.717) is 17.1 Å². The van der Waals surface area contributed by atoms with Crippen LogP contribution in [0.15, 0.2) is 30.5 Å². The molecule has 94 valence electrons. The van der Waals surface area contributed by atoms with E-state index in [1.165, 1.54) is 0 Å². The molecule has 1 N–H and O–H groups in total. The predicted molar refractivity (Wildman–Crippen MR) is 74.0 cm³/mol. The molecule has 4 heteroatoms. The lowest BCUT2D eigenvalue weighted by Crippen LogP contribution is -2.24. The van der Waals surface area contributed by atoms with Gasteiger partial charge in [0.05, 0.1) is 16.1 Å². The van der Waals surface area contributed by atoms with Crippen molar-refractivity contribution in [1.82, 2.24) is 10.3 Å². The van der Waals surface area contributed by atoms with Crippen molar-refractivity contribution in [3.8, 4) is 0 Å². The Balaban J connectivity index is 2.22. The van der Waals surface area contributed by atoms with Crippen LogP contribution in [0, 0.1) is 0 Å². The number of nitrogens with zero attached hydrogens (tertiary/aromatic N) is 1. The molecule has 0 atom stereocenters. The van der Waals surface area contributed by atoms with Crippen molar-refractivity contribution in [1.29, 1.82) is 0 Å². The van der Waals surface area contributed by atoms with E-state index >= 15 is 0 Å². The van der Waals surface area contributed by atoms with Crippen LogP contribution in [0.5, 0.6) is 0 Å². The third-order valence-corrected chi connectivity index (χ3v) is 3.04. The van der Waals surface area contributed by atoms with Crippen LogP contribution in [0.25, 0.3) is 10.9 Å². The summed E-state index contributed by atoms with van der Waals surface area (Å²) in [4.78, 5) is 16.1. The fourth-order valence-electron chi connectivity index (χ4n) is 1.73. The first-order chi connectivity index (χ1) is 8.72. The standard InChI is InChI=1S/C14H15ClN2O/c1-2-3-7-16-14(18)11-8-10-5-4-6-12(15)13(10)17-9-11/h4-6,8-9H,2-3,7H2,1H3,(H,16,18). The van der Waals surface area contributed by atoms with Gasteiger partial charge in [0.15, 0.2) is 0 Å². The molecule has 2 rings (SSSR count). The molecule has 0 aliphatic rings. The Bertz CT molecular complexity index is 569. The van der Waals surface area contributed by atoms with E-state index in [0.717, 1.165) is 23.7 Å². The van der Waals surface area contributed by atoms with Crippen LogP contribution in [-0.4, -0.2) is 17.4 Å². The number of pyridine rings is 1. The van der Waals surface area contributed by atoms with Crippen molar-refractivity contribution >= 4 is 28.4 Å². The van der Waals surface area contributed by atoms with E-state index in [1.54, 1.807) is 12.3 Å². The van der Waals surface area contributed by atoms with Crippen molar-refractivity contribution in [3.63, 3.8) is 0 Å². The number of unbranched alkanes of at least 4 members (excludes halogenated alkanes) is 1. The minimum absolute atomic E-state index is 0.0853. The third-order valence-electron chi connectivity index (χ3n) is 2.74. The minimum Gasteiger partial charge on any atom is -0.352 e. The van der Waals surface area contributed by atoms with Gasteiger partial charge in [-0.2, -0.15) is 0 Å². The average Bonchev–Trinajstić information content (AvgIpc) is 2.39. The highest BCUT2D eigenvalue weighted by Gasteiger charge is 2.07. The first-order valence-corrected chi connectivity index (χ1v) is 6.42. The molecule has 2 aromatic rings. The lowest BCUT2D eigenvalue weighted by atomic mass is 10.1. The number of halogens is 1. The summed E-state index contributed by atoms with van der Waals surface area (Å²) in [6, 6.07) is 7.36. The largest absolute Gasteiger partial charge is 0.352 e. The number of hydrogen-bond donors (Lipinski definition) is 1. The number of nitrogens with one attached hydrogen (secondary N) is 1. The molecule has 0 saturated heterocycles. The number of carbonyl (C=O) groups is 1. The monoisotopic (exact) mass is 262 g/mol. The molecular weight excluding hydrogens is 248 g/mol. The van der Waals surface area contributed by atoms with E-state index in [2.05, 4.69) is 17.2 Å². The van der Waals surface area contributed by atoms with E-state index in [-0.39, 0.29) is 5.91 Å². The molecule has 3 nitrogen and oxygen atoms in total. The number of fused-ring (bicyclic) bond motifs is 1. The van der Waals surface area contributed by atoms with E-state index < -0.39 is 0 Å². The van der Waals surface area contributed by atoms with Crippen LogP contribution in [0.3, 0.4) is 0 Å². The molecule has 0 spiro atoms. The van der Waals surface area contributed by atoms with Gasteiger partial charge < -0.3 is 5.32 Å². The lowest BCUT2D eigenvalue weighted by Gasteiger charge is -2.05. The second-order valence-corrected chi connectivity index (χ2v) is 4.55. The van der Waals surface area contributed by atoms with Crippen LogP contribution in [0.2, 0.25) is 5.02 Å². The molecule has 0 bridgehead atoms. The molecule has 1 aromatic carbocycles. The highest BCUT2D eigenvalue weighted by atomic mass is 35.5. The van der Waals surface area contributed by atoms with Crippen molar-refractivity contribution < 1.29 is 4.79 Å². The summed E-state index contributed by atoms with van der Waals surface area (Å²) in [6.07, 6.45) is 3.61. The van der Waals surface area contributed by atoms with Gasteiger partial charge in [-0.05, 0) is 18.6 Å². The zero-order valence-corrected chi connectivity index (χ0v) is 11.0. The molecule has 0 aliphatic carbocycles. The quantitative estimate of drug-likeness (QED) is 0.858. The summed E-state index contributed by atoms with van der Waals surface area (Å²) in [5.74, 6) is -0.0853. The summed E-state index contributed by atoms with van der Waals surface area (Å²) in [5.41, 5.74) is 1.30. The molecule has 0 unspecified atom stereocenters. The van der Waals surface area contributed by atoms with Gasteiger partial charge in [-0.25, -0.2) is 0 Å². The van der Waals surface area contributed by atoms with Gasteiger partial charge in [-0.15, -0.1) is 0 Å². The summed E-state index contributed by atoms with van der Waals surface area (Å²) in [5, 5.41) is 4.35. The molecule has 0 aliphatic heterocycles. The summed E-state index contributed by atoms with van der Waals surface area (Å²) in [7, 11) is 0. The van der Waals surface area contributed by atoms with Crippen LogP contribution in [0.4, 0.5) is 0 Å². The first-order valence-electron chi connectivity index (χ1n) is 6.05. The Labute approximate surface area is 111 Å². The SMILES string of the molecule is CCCCNC(=O)c1cnc2c(Cl)cccc2c1. The Morgan fingerprint density at radius 3 is 3.06 bits per heavy atom. The number of benzene rings is 1. The van der Waals surface area contributed by atoms with E-state index in [9.17, 15) is 4.79 Å². The van der Waals surface area contributed by atoms with Gasteiger partial charge >= 0.3 is 0 Å². The Hall–Kier alpha value is -1.61. The summed E-state index contributed by atoms with van der Waals surface area (Å²) < 4.78 is 0. The van der Waals surface area contributed by atoms with Gasteiger partial charge in [0.1, 0.15) is 0 Å². The Morgan fingerprint density at radius 2 is 2.28 bits per heavy atom. The molecule has 1 heterocycles. The maximum absolute atomic E-state index is 11.9. The van der Waals surface area contributed by atoms with Gasteiger partial charge in [-0.3, -0.25) is 9.78 Å². The maximum atomic E-state index is 11.9. The number of para-hydroxylation sites is 1. The highest BCUT2D eigenvalue weighted by Crippen LogP contribution is 2.21. The van der Waals surface area contributed by atoms with Crippen molar-refractivity contribution in [3.05, 3.63) is 41.0 Å². The minimum atomic E-state index is -0.0853. The van der Waals surface area contributed by atoms with Gasteiger partial charge in [0.2, 0.25) is 0 Å². The molecule has 0 radical (unpaired) electrons. The predicted octanol–water partition coefficient (Wildman–Crippen LogP) is 3.42. The van der Waals surface area contributed by atoms with Crippen LogP contribution in [0.1, 0.15) is 30.1 Å². The Morgan fingerprint density at radius 1 is 1.44 bits per heavy atom. The smallest absolute Gasteiger partial charge is 0.252 e. The zero-order chi connectivity index (χ0) is 13.0. The van der Waals surface area contributed by atoms with Crippen molar-refractivity contribution in [2.24, 2.45) is 0 Å². The average molecular weight is 263 g/mol. The normalized spacial score (nSPS) is 10.6. The molecular formula is C14H15ClN2O. The molecule has 18 heavy (non-hydrogen) atoms. The van der Waals surface area contributed by atoms with Gasteiger partial charge in [-0.1, -0.05) is 37.1 Å². The zero-order valence-electron chi connectivity index (χ0n) is 10.2. The van der Waals surface area contributed by atoms with Gasteiger partial charge in [0, 0.05) is 18.1 Å². The maximum Gasteiger partial charge on any atom is 0.252 e. The summed E-state index contributed by atoms with van der Waals surface area (Å²) >= 11 is 6.03. The topological polar surface area (TPSA) is 42.0 Å². The van der Waals surface area contributed by atoms with E-state index in [4.69, 9.17) is 11.6 Å². The second-order valence-electron chi connectivity index (χ2n) is 4.15. The van der Waals surface area contributed by atoms with Gasteiger partial charge in [0.25, 0.3) is 5.91 Å². The third kappa shape index (κ3) is 2.79. The van der Waals surface area contributed by atoms with Crippen molar-refractivity contribution in [2.45, 2.75) is 19.8 Å². The number of hydrogen-bond acceptors (Lipinski definition) is 2.